The molecule has 0 saturated heterocycles. The van der Waals surface area contributed by atoms with Crippen molar-refractivity contribution in [3.8, 4) is 6.07 Å². The Morgan fingerprint density at radius 1 is 1.80 bits per heavy atom. The van der Waals surface area contributed by atoms with Gasteiger partial charge in [0.25, 0.3) is 0 Å². The second-order valence-electron chi connectivity index (χ2n) is 1.94. The second kappa shape index (κ2) is 2.89. The molecule has 0 bridgehead atoms. The highest BCUT2D eigenvalue weighted by Crippen LogP contribution is 2.13. The van der Waals surface area contributed by atoms with E-state index < -0.39 is 0 Å². The van der Waals surface area contributed by atoms with Crippen LogP contribution in [0.25, 0.3) is 0 Å². The molecular weight excluding hydrogens is 192 g/mol. The van der Waals surface area contributed by atoms with E-state index >= 15 is 0 Å². The lowest BCUT2D eigenvalue weighted by Crippen LogP contribution is -1.93. The third-order valence-corrected chi connectivity index (χ3v) is 1.75. The van der Waals surface area contributed by atoms with E-state index in [0.717, 1.165) is 11.0 Å². The van der Waals surface area contributed by atoms with Gasteiger partial charge in [-0.25, -0.2) is 0 Å². The molecule has 3 heteroatoms. The number of hydrogen-bond acceptors (Lipinski definition) is 1. The van der Waals surface area contributed by atoms with Crippen molar-refractivity contribution >= 4 is 15.9 Å². The van der Waals surface area contributed by atoms with Crippen LogP contribution in [0.15, 0.2) is 16.7 Å². The molecule has 1 aromatic rings. The summed E-state index contributed by atoms with van der Waals surface area (Å²) in [6.45, 7) is 2.85. The standard InChI is InChI=1S/C7H7BrN2/c1-2-10-5-6(8)3-7(10)4-9/h3,5H,2H2,1H3. The summed E-state index contributed by atoms with van der Waals surface area (Å²) in [6, 6.07) is 3.91. The minimum absolute atomic E-state index is 0.703. The Kier molecular flexibility index (Phi) is 2.13. The minimum atomic E-state index is 0.703. The van der Waals surface area contributed by atoms with Crippen LogP contribution in [-0.2, 0) is 6.54 Å². The van der Waals surface area contributed by atoms with Gasteiger partial charge in [-0.2, -0.15) is 5.26 Å². The number of halogens is 1. The highest BCUT2D eigenvalue weighted by molar-refractivity contribution is 9.10. The van der Waals surface area contributed by atoms with Gasteiger partial charge in [0.05, 0.1) is 0 Å². The first kappa shape index (κ1) is 7.36. The van der Waals surface area contributed by atoms with Gasteiger partial charge < -0.3 is 4.57 Å². The van der Waals surface area contributed by atoms with Crippen LogP contribution < -0.4 is 0 Å². The van der Waals surface area contributed by atoms with E-state index in [2.05, 4.69) is 22.0 Å². The van der Waals surface area contributed by atoms with Crippen LogP contribution >= 0.6 is 15.9 Å². The fourth-order valence-corrected chi connectivity index (χ4v) is 1.29. The van der Waals surface area contributed by atoms with E-state index in [9.17, 15) is 0 Å². The number of aryl methyl sites for hydroxylation is 1. The van der Waals surface area contributed by atoms with Crippen molar-refractivity contribution in [2.75, 3.05) is 0 Å². The molecule has 0 N–H and O–H groups in total. The van der Waals surface area contributed by atoms with E-state index in [0.29, 0.717) is 5.69 Å². The van der Waals surface area contributed by atoms with Crippen LogP contribution in [0.3, 0.4) is 0 Å². The maximum atomic E-state index is 8.57. The minimum Gasteiger partial charge on any atom is -0.339 e. The maximum absolute atomic E-state index is 8.57. The molecule has 0 atom stereocenters. The molecule has 0 radical (unpaired) electrons. The van der Waals surface area contributed by atoms with Gasteiger partial charge in [0, 0.05) is 17.2 Å². The van der Waals surface area contributed by atoms with Gasteiger partial charge in [0.2, 0.25) is 0 Å². The first-order valence-corrected chi connectivity index (χ1v) is 3.83. The van der Waals surface area contributed by atoms with Crippen molar-refractivity contribution in [3.05, 3.63) is 22.4 Å². The van der Waals surface area contributed by atoms with Crippen LogP contribution in [0.5, 0.6) is 0 Å². The quantitative estimate of drug-likeness (QED) is 0.681. The molecule has 1 rings (SSSR count). The van der Waals surface area contributed by atoms with Gasteiger partial charge in [-0.1, -0.05) is 0 Å². The first-order chi connectivity index (χ1) is 4.77. The van der Waals surface area contributed by atoms with E-state index in [4.69, 9.17) is 5.26 Å². The molecule has 0 spiro atoms. The summed E-state index contributed by atoms with van der Waals surface area (Å²) < 4.78 is 2.86. The smallest absolute Gasteiger partial charge is 0.121 e. The molecule has 0 aliphatic heterocycles. The monoisotopic (exact) mass is 198 g/mol. The Morgan fingerprint density at radius 3 is 2.90 bits per heavy atom. The fraction of sp³-hybridized carbons (Fsp3) is 0.286. The summed E-state index contributed by atoms with van der Waals surface area (Å²) in [4.78, 5) is 0. The van der Waals surface area contributed by atoms with Gasteiger partial charge in [0.1, 0.15) is 11.8 Å². The lowest BCUT2D eigenvalue weighted by Gasteiger charge is -1.95. The fourth-order valence-electron chi connectivity index (χ4n) is 0.827. The number of hydrogen-bond donors (Lipinski definition) is 0. The van der Waals surface area contributed by atoms with Gasteiger partial charge >= 0.3 is 0 Å². The summed E-state index contributed by atoms with van der Waals surface area (Å²) in [6.07, 6.45) is 1.90. The predicted molar refractivity (Wildman–Crippen MR) is 42.5 cm³/mol. The summed E-state index contributed by atoms with van der Waals surface area (Å²) in [5.74, 6) is 0. The lowest BCUT2D eigenvalue weighted by molar-refractivity contribution is 0.757. The topological polar surface area (TPSA) is 28.7 Å². The molecular formula is C7H7BrN2. The molecule has 0 fully saturated rings. The normalized spacial score (nSPS) is 9.30. The van der Waals surface area contributed by atoms with Gasteiger partial charge in [-0.05, 0) is 28.9 Å². The molecule has 1 heterocycles. The highest BCUT2D eigenvalue weighted by atomic mass is 79.9. The Labute approximate surface area is 68.2 Å². The average molecular weight is 199 g/mol. The summed E-state index contributed by atoms with van der Waals surface area (Å²) in [5, 5.41) is 8.57. The molecule has 0 saturated carbocycles. The van der Waals surface area contributed by atoms with Crippen LogP contribution in [0.4, 0.5) is 0 Å². The Hall–Kier alpha value is -0.750. The lowest BCUT2D eigenvalue weighted by atomic mass is 10.5. The summed E-state index contributed by atoms with van der Waals surface area (Å²) in [7, 11) is 0. The SMILES string of the molecule is CCn1cc(Br)cc1C#N. The molecule has 10 heavy (non-hydrogen) atoms. The van der Waals surface area contributed by atoms with Gasteiger partial charge in [-0.15, -0.1) is 0 Å². The number of aromatic nitrogens is 1. The van der Waals surface area contributed by atoms with Crippen molar-refractivity contribution in [2.24, 2.45) is 0 Å². The highest BCUT2D eigenvalue weighted by Gasteiger charge is 1.99. The third kappa shape index (κ3) is 1.22. The molecule has 52 valence electrons. The molecule has 2 nitrogen and oxygen atoms in total. The second-order valence-corrected chi connectivity index (χ2v) is 2.86. The van der Waals surface area contributed by atoms with Crippen LogP contribution in [0.1, 0.15) is 12.6 Å². The maximum Gasteiger partial charge on any atom is 0.121 e. The van der Waals surface area contributed by atoms with Crippen LogP contribution in [-0.4, -0.2) is 4.57 Å². The number of nitriles is 1. The van der Waals surface area contributed by atoms with Crippen molar-refractivity contribution in [2.45, 2.75) is 13.5 Å². The molecule has 0 aliphatic rings. The molecule has 0 unspecified atom stereocenters. The first-order valence-electron chi connectivity index (χ1n) is 3.03. The zero-order valence-corrected chi connectivity index (χ0v) is 7.22. The zero-order chi connectivity index (χ0) is 7.56. The van der Waals surface area contributed by atoms with E-state index in [1.54, 1.807) is 0 Å². The zero-order valence-electron chi connectivity index (χ0n) is 5.63. The molecule has 0 amide bonds. The predicted octanol–water partition coefficient (Wildman–Crippen LogP) is 2.14. The summed E-state index contributed by atoms with van der Waals surface area (Å²) >= 11 is 3.29. The average Bonchev–Trinajstić information content (AvgIpc) is 2.30. The van der Waals surface area contributed by atoms with Crippen LogP contribution in [0, 0.1) is 11.3 Å². The van der Waals surface area contributed by atoms with Crippen molar-refractivity contribution in [1.82, 2.24) is 4.57 Å². The van der Waals surface area contributed by atoms with Gasteiger partial charge in [0.15, 0.2) is 0 Å². The molecule has 1 aromatic heterocycles. The van der Waals surface area contributed by atoms with E-state index in [1.165, 1.54) is 0 Å². The Balaban J connectivity index is 3.12. The molecule has 0 aromatic carbocycles. The summed E-state index contributed by atoms with van der Waals surface area (Å²) in [5.41, 5.74) is 0.703. The Morgan fingerprint density at radius 2 is 2.50 bits per heavy atom. The molecule has 0 aliphatic carbocycles. The van der Waals surface area contributed by atoms with Crippen molar-refractivity contribution in [1.29, 1.82) is 5.26 Å². The Bertz CT molecular complexity index is 270. The number of rotatable bonds is 1. The van der Waals surface area contributed by atoms with Crippen molar-refractivity contribution in [3.63, 3.8) is 0 Å². The number of nitrogens with zero attached hydrogens (tertiary/aromatic N) is 2. The van der Waals surface area contributed by atoms with Crippen LogP contribution in [0.2, 0.25) is 0 Å². The van der Waals surface area contributed by atoms with E-state index in [1.807, 2.05) is 23.8 Å². The van der Waals surface area contributed by atoms with Crippen molar-refractivity contribution < 1.29 is 0 Å². The third-order valence-electron chi connectivity index (χ3n) is 1.32. The van der Waals surface area contributed by atoms with E-state index in [-0.39, 0.29) is 0 Å². The van der Waals surface area contributed by atoms with Gasteiger partial charge in [-0.3, -0.25) is 0 Å². The largest absolute Gasteiger partial charge is 0.339 e.